The first-order valence-electron chi connectivity index (χ1n) is 8.44. The number of anilines is 1. The third kappa shape index (κ3) is 5.06. The molecule has 2 amide bonds. The molecule has 1 unspecified atom stereocenters. The lowest BCUT2D eigenvalue weighted by Gasteiger charge is -2.25. The second-order valence-corrected chi connectivity index (χ2v) is 7.50. The van der Waals surface area contributed by atoms with Crippen molar-refractivity contribution in [2.24, 2.45) is 5.41 Å². The summed E-state index contributed by atoms with van der Waals surface area (Å²) in [4.78, 5) is 18.6. The molecule has 1 atom stereocenters. The standard InChI is InChI=1S/C19H28N4O2/c1-19(2,3)16(24)12-21-18(25)20-11-13-10-17(23(4)5)22-15-9-7-6-8-14(13)15/h6-10,16,24H,11-12H2,1-5H3,(H2,20,21,25). The molecule has 6 nitrogen and oxygen atoms in total. The highest BCUT2D eigenvalue weighted by molar-refractivity contribution is 5.84. The summed E-state index contributed by atoms with van der Waals surface area (Å²) in [5.41, 5.74) is 1.63. The molecule has 0 aliphatic rings. The predicted molar refractivity (Wildman–Crippen MR) is 102 cm³/mol. The van der Waals surface area contributed by atoms with Crippen LogP contribution in [0.1, 0.15) is 26.3 Å². The predicted octanol–water partition coefficient (Wildman–Crippen LogP) is 2.51. The maximum absolute atomic E-state index is 12.0. The Labute approximate surface area is 149 Å². The Morgan fingerprint density at radius 3 is 2.56 bits per heavy atom. The lowest BCUT2D eigenvalue weighted by atomic mass is 9.89. The number of hydrogen-bond donors (Lipinski definition) is 3. The molecule has 0 radical (unpaired) electrons. The van der Waals surface area contributed by atoms with Crippen molar-refractivity contribution < 1.29 is 9.90 Å². The van der Waals surface area contributed by atoms with E-state index in [0.717, 1.165) is 22.3 Å². The van der Waals surface area contributed by atoms with Crippen LogP contribution in [0.2, 0.25) is 0 Å². The average Bonchev–Trinajstić information content (AvgIpc) is 2.56. The molecule has 0 saturated carbocycles. The van der Waals surface area contributed by atoms with Crippen LogP contribution >= 0.6 is 0 Å². The summed E-state index contributed by atoms with van der Waals surface area (Å²) < 4.78 is 0. The van der Waals surface area contributed by atoms with Crippen LogP contribution in [0.3, 0.4) is 0 Å². The van der Waals surface area contributed by atoms with E-state index < -0.39 is 6.10 Å². The average molecular weight is 344 g/mol. The molecule has 1 heterocycles. The van der Waals surface area contributed by atoms with Crippen molar-refractivity contribution in [1.82, 2.24) is 15.6 Å². The number of aromatic nitrogens is 1. The van der Waals surface area contributed by atoms with Crippen LogP contribution in [0.5, 0.6) is 0 Å². The maximum Gasteiger partial charge on any atom is 0.315 e. The first-order chi connectivity index (χ1) is 11.7. The second-order valence-electron chi connectivity index (χ2n) is 7.50. The van der Waals surface area contributed by atoms with Gasteiger partial charge in [-0.2, -0.15) is 0 Å². The van der Waals surface area contributed by atoms with Gasteiger partial charge >= 0.3 is 6.03 Å². The molecule has 0 spiro atoms. The molecule has 0 aliphatic heterocycles. The number of para-hydroxylation sites is 1. The molecule has 0 bridgehead atoms. The zero-order valence-corrected chi connectivity index (χ0v) is 15.6. The number of benzene rings is 1. The molecular weight excluding hydrogens is 316 g/mol. The van der Waals surface area contributed by atoms with Gasteiger partial charge in [0.15, 0.2) is 0 Å². The van der Waals surface area contributed by atoms with E-state index >= 15 is 0 Å². The van der Waals surface area contributed by atoms with Crippen LogP contribution in [-0.2, 0) is 6.54 Å². The molecule has 2 rings (SSSR count). The van der Waals surface area contributed by atoms with Crippen molar-refractivity contribution in [3.05, 3.63) is 35.9 Å². The molecule has 1 aromatic carbocycles. The first kappa shape index (κ1) is 19.0. The Hall–Kier alpha value is -2.34. The quantitative estimate of drug-likeness (QED) is 0.779. The van der Waals surface area contributed by atoms with Gasteiger partial charge in [0, 0.05) is 32.6 Å². The normalized spacial score (nSPS) is 12.7. The summed E-state index contributed by atoms with van der Waals surface area (Å²) in [7, 11) is 3.88. The van der Waals surface area contributed by atoms with Crippen LogP contribution < -0.4 is 15.5 Å². The minimum atomic E-state index is -0.597. The third-order valence-electron chi connectivity index (χ3n) is 4.14. The lowest BCUT2D eigenvalue weighted by molar-refractivity contribution is 0.0650. The Morgan fingerprint density at radius 1 is 1.24 bits per heavy atom. The minimum absolute atomic E-state index is 0.218. The van der Waals surface area contributed by atoms with E-state index in [-0.39, 0.29) is 18.0 Å². The van der Waals surface area contributed by atoms with Crippen LogP contribution in [-0.4, -0.2) is 42.9 Å². The molecule has 0 fully saturated rings. The highest BCUT2D eigenvalue weighted by atomic mass is 16.3. The van der Waals surface area contributed by atoms with E-state index in [1.54, 1.807) is 0 Å². The molecular formula is C19H28N4O2. The fourth-order valence-electron chi connectivity index (χ4n) is 2.34. The van der Waals surface area contributed by atoms with Gasteiger partial charge in [-0.15, -0.1) is 0 Å². The number of urea groups is 1. The van der Waals surface area contributed by atoms with Crippen molar-refractivity contribution in [3.63, 3.8) is 0 Å². The van der Waals surface area contributed by atoms with Crippen molar-refractivity contribution in [2.45, 2.75) is 33.4 Å². The number of hydrogen-bond acceptors (Lipinski definition) is 4. The van der Waals surface area contributed by atoms with E-state index in [1.807, 2.05) is 70.1 Å². The van der Waals surface area contributed by atoms with E-state index in [2.05, 4.69) is 15.6 Å². The van der Waals surface area contributed by atoms with Crippen molar-refractivity contribution in [2.75, 3.05) is 25.5 Å². The number of pyridine rings is 1. The number of aliphatic hydroxyl groups excluding tert-OH is 1. The molecule has 1 aromatic heterocycles. The van der Waals surface area contributed by atoms with Crippen LogP contribution in [0, 0.1) is 5.41 Å². The number of carbonyl (C=O) groups is 1. The van der Waals surface area contributed by atoms with Gasteiger partial charge in [0.25, 0.3) is 0 Å². The van der Waals surface area contributed by atoms with Gasteiger partial charge in [-0.1, -0.05) is 39.0 Å². The molecule has 25 heavy (non-hydrogen) atoms. The smallest absolute Gasteiger partial charge is 0.315 e. The van der Waals surface area contributed by atoms with Gasteiger partial charge in [0.05, 0.1) is 11.6 Å². The molecule has 3 N–H and O–H groups in total. The molecule has 136 valence electrons. The number of aliphatic hydroxyl groups is 1. The van der Waals surface area contributed by atoms with Crippen LogP contribution in [0.4, 0.5) is 10.6 Å². The molecule has 0 aliphatic carbocycles. The van der Waals surface area contributed by atoms with Gasteiger partial charge in [-0.05, 0) is 23.1 Å². The summed E-state index contributed by atoms with van der Waals surface area (Å²) >= 11 is 0. The minimum Gasteiger partial charge on any atom is -0.391 e. The number of fused-ring (bicyclic) bond motifs is 1. The summed E-state index contributed by atoms with van der Waals surface area (Å²) in [5.74, 6) is 0.846. The monoisotopic (exact) mass is 344 g/mol. The summed E-state index contributed by atoms with van der Waals surface area (Å²) in [6.45, 7) is 6.41. The van der Waals surface area contributed by atoms with Crippen molar-refractivity contribution in [1.29, 1.82) is 0 Å². The number of carbonyl (C=O) groups excluding carboxylic acids is 1. The highest BCUT2D eigenvalue weighted by Gasteiger charge is 2.22. The Bertz CT molecular complexity index is 738. The second kappa shape index (κ2) is 7.70. The van der Waals surface area contributed by atoms with Gasteiger partial charge in [0.2, 0.25) is 0 Å². The summed E-state index contributed by atoms with van der Waals surface area (Å²) in [6.07, 6.45) is -0.597. The van der Waals surface area contributed by atoms with Gasteiger partial charge < -0.3 is 20.6 Å². The van der Waals surface area contributed by atoms with Gasteiger partial charge in [-0.3, -0.25) is 0 Å². The van der Waals surface area contributed by atoms with E-state index in [4.69, 9.17) is 0 Å². The SMILES string of the molecule is CN(C)c1cc(CNC(=O)NCC(O)C(C)(C)C)c2ccccc2n1. The van der Waals surface area contributed by atoms with E-state index in [1.165, 1.54) is 0 Å². The fourth-order valence-corrected chi connectivity index (χ4v) is 2.34. The zero-order chi connectivity index (χ0) is 18.6. The number of rotatable bonds is 5. The molecule has 0 saturated heterocycles. The van der Waals surface area contributed by atoms with Crippen molar-refractivity contribution >= 4 is 22.8 Å². The lowest BCUT2D eigenvalue weighted by Crippen LogP contribution is -2.43. The fraction of sp³-hybridized carbons (Fsp3) is 0.474. The van der Waals surface area contributed by atoms with E-state index in [9.17, 15) is 9.90 Å². The third-order valence-corrected chi connectivity index (χ3v) is 4.14. The van der Waals surface area contributed by atoms with Gasteiger partial charge in [0.1, 0.15) is 5.82 Å². The summed E-state index contributed by atoms with van der Waals surface area (Å²) in [5, 5.41) is 16.6. The van der Waals surface area contributed by atoms with Crippen LogP contribution in [0.25, 0.3) is 10.9 Å². The Balaban J connectivity index is 2.06. The van der Waals surface area contributed by atoms with Gasteiger partial charge in [-0.25, -0.2) is 9.78 Å². The van der Waals surface area contributed by atoms with Crippen LogP contribution in [0.15, 0.2) is 30.3 Å². The topological polar surface area (TPSA) is 77.5 Å². The first-order valence-corrected chi connectivity index (χ1v) is 8.44. The number of nitrogens with one attached hydrogen (secondary N) is 2. The largest absolute Gasteiger partial charge is 0.391 e. The Morgan fingerprint density at radius 2 is 1.92 bits per heavy atom. The van der Waals surface area contributed by atoms with Crippen molar-refractivity contribution in [3.8, 4) is 0 Å². The maximum atomic E-state index is 12.0. The molecule has 6 heteroatoms. The highest BCUT2D eigenvalue weighted by Crippen LogP contribution is 2.22. The zero-order valence-electron chi connectivity index (χ0n) is 15.6. The Kier molecular flexibility index (Phi) is 5.85. The van der Waals surface area contributed by atoms with E-state index in [0.29, 0.717) is 6.54 Å². The summed E-state index contributed by atoms with van der Waals surface area (Å²) in [6, 6.07) is 9.56. The molecule has 2 aromatic rings. The number of amides is 2. The number of nitrogens with zero attached hydrogens (tertiary/aromatic N) is 2.